The molecule has 0 spiro atoms. The van der Waals surface area contributed by atoms with E-state index in [1.807, 2.05) is 30.3 Å². The van der Waals surface area contributed by atoms with Crippen molar-refractivity contribution in [1.82, 2.24) is 10.6 Å². The Balaban J connectivity index is 2.20. The van der Waals surface area contributed by atoms with Crippen molar-refractivity contribution < 1.29 is 4.79 Å². The Morgan fingerprint density at radius 3 is 2.62 bits per heavy atom. The van der Waals surface area contributed by atoms with Crippen LogP contribution in [0.15, 0.2) is 30.3 Å². The summed E-state index contributed by atoms with van der Waals surface area (Å²) in [6, 6.07) is 9.59. The minimum absolute atomic E-state index is 0.0671. The summed E-state index contributed by atoms with van der Waals surface area (Å²) in [5.41, 5.74) is 1.03. The molecule has 13 heavy (non-hydrogen) atoms. The van der Waals surface area contributed by atoms with Gasteiger partial charge in [0.05, 0.1) is 0 Å². The van der Waals surface area contributed by atoms with Gasteiger partial charge in [-0.05, 0) is 5.56 Å². The van der Waals surface area contributed by atoms with E-state index in [1.165, 1.54) is 0 Å². The average Bonchev–Trinajstić information content (AvgIpc) is 2.20. The zero-order valence-electron chi connectivity index (χ0n) is 7.29. The first-order valence-corrected chi connectivity index (χ1v) is 4.44. The number of amides is 1. The predicted octanol–water partition coefficient (Wildman–Crippen LogP) is 0.447. The summed E-state index contributed by atoms with van der Waals surface area (Å²) in [7, 11) is 0. The summed E-state index contributed by atoms with van der Waals surface area (Å²) < 4.78 is 0. The lowest BCUT2D eigenvalue weighted by molar-refractivity contribution is -0.124. The van der Waals surface area contributed by atoms with Gasteiger partial charge in [-0.15, -0.1) is 0 Å². The zero-order chi connectivity index (χ0) is 9.10. The van der Waals surface area contributed by atoms with Crippen molar-refractivity contribution >= 4 is 5.91 Å². The van der Waals surface area contributed by atoms with E-state index in [0.717, 1.165) is 18.7 Å². The van der Waals surface area contributed by atoms with Crippen LogP contribution in [0.5, 0.6) is 0 Å². The molecular formula is C10H12N2O. The van der Waals surface area contributed by atoms with Crippen molar-refractivity contribution in [2.24, 2.45) is 0 Å². The highest BCUT2D eigenvalue weighted by Crippen LogP contribution is 2.13. The third-order valence-corrected chi connectivity index (χ3v) is 2.17. The first-order chi connectivity index (χ1) is 6.38. The molecule has 1 aromatic rings. The average molecular weight is 176 g/mol. The van der Waals surface area contributed by atoms with Gasteiger partial charge >= 0.3 is 0 Å². The van der Waals surface area contributed by atoms with Crippen molar-refractivity contribution in [3.63, 3.8) is 0 Å². The standard InChI is InChI=1S/C10H12N2O/c13-10-9(11-6-7-12-10)8-4-2-1-3-5-8/h1-5,9,11H,6-7H2,(H,12,13). The molecule has 1 aliphatic heterocycles. The quantitative estimate of drug-likeness (QED) is 0.652. The molecule has 3 nitrogen and oxygen atoms in total. The molecular weight excluding hydrogens is 164 g/mol. The molecule has 0 bridgehead atoms. The van der Waals surface area contributed by atoms with Gasteiger partial charge in [-0.3, -0.25) is 4.79 Å². The van der Waals surface area contributed by atoms with Gasteiger partial charge in [0.15, 0.2) is 0 Å². The van der Waals surface area contributed by atoms with Crippen molar-refractivity contribution in [2.75, 3.05) is 13.1 Å². The minimum Gasteiger partial charge on any atom is -0.353 e. The van der Waals surface area contributed by atoms with E-state index in [-0.39, 0.29) is 11.9 Å². The molecule has 0 radical (unpaired) electrons. The number of benzene rings is 1. The van der Waals surface area contributed by atoms with Gasteiger partial charge in [-0.25, -0.2) is 0 Å². The molecule has 1 unspecified atom stereocenters. The molecule has 1 aromatic carbocycles. The van der Waals surface area contributed by atoms with Gasteiger partial charge in [0.25, 0.3) is 0 Å². The maximum absolute atomic E-state index is 11.4. The molecule has 3 heteroatoms. The second kappa shape index (κ2) is 3.58. The number of hydrogen-bond donors (Lipinski definition) is 2. The van der Waals surface area contributed by atoms with E-state index >= 15 is 0 Å². The van der Waals surface area contributed by atoms with Crippen LogP contribution in [0.1, 0.15) is 11.6 Å². The zero-order valence-corrected chi connectivity index (χ0v) is 7.29. The Morgan fingerprint density at radius 1 is 1.15 bits per heavy atom. The Bertz CT molecular complexity index is 297. The minimum atomic E-state index is -0.171. The van der Waals surface area contributed by atoms with Crippen molar-refractivity contribution in [3.05, 3.63) is 35.9 Å². The Labute approximate surface area is 77.1 Å². The van der Waals surface area contributed by atoms with E-state index in [1.54, 1.807) is 0 Å². The summed E-state index contributed by atoms with van der Waals surface area (Å²) >= 11 is 0. The normalized spacial score (nSPS) is 22.5. The van der Waals surface area contributed by atoms with Crippen LogP contribution < -0.4 is 10.6 Å². The summed E-state index contributed by atoms with van der Waals surface area (Å²) in [5, 5.41) is 6.00. The summed E-state index contributed by atoms with van der Waals surface area (Å²) in [4.78, 5) is 11.4. The van der Waals surface area contributed by atoms with Crippen LogP contribution in [0.25, 0.3) is 0 Å². The van der Waals surface area contributed by atoms with Gasteiger partial charge in [-0.1, -0.05) is 30.3 Å². The number of carbonyl (C=O) groups is 1. The van der Waals surface area contributed by atoms with E-state index in [9.17, 15) is 4.79 Å². The van der Waals surface area contributed by atoms with Crippen LogP contribution >= 0.6 is 0 Å². The SMILES string of the molecule is O=C1NCCNC1c1ccccc1. The third kappa shape index (κ3) is 1.70. The van der Waals surface area contributed by atoms with Crippen molar-refractivity contribution in [2.45, 2.75) is 6.04 Å². The summed E-state index contributed by atoms with van der Waals surface area (Å²) in [5.74, 6) is 0.0671. The van der Waals surface area contributed by atoms with E-state index in [4.69, 9.17) is 0 Å². The Kier molecular flexibility index (Phi) is 2.27. The lowest BCUT2D eigenvalue weighted by atomic mass is 10.1. The van der Waals surface area contributed by atoms with Crippen LogP contribution in [0, 0.1) is 0 Å². The van der Waals surface area contributed by atoms with Crippen LogP contribution in [0.3, 0.4) is 0 Å². The predicted molar refractivity (Wildman–Crippen MR) is 50.2 cm³/mol. The van der Waals surface area contributed by atoms with Gasteiger partial charge in [0, 0.05) is 13.1 Å². The topological polar surface area (TPSA) is 41.1 Å². The lowest BCUT2D eigenvalue weighted by Crippen LogP contribution is -2.47. The molecule has 1 aliphatic rings. The fourth-order valence-electron chi connectivity index (χ4n) is 1.51. The molecule has 1 saturated heterocycles. The second-order valence-corrected chi connectivity index (χ2v) is 3.09. The number of rotatable bonds is 1. The molecule has 0 aliphatic carbocycles. The molecule has 2 N–H and O–H groups in total. The largest absolute Gasteiger partial charge is 0.353 e. The van der Waals surface area contributed by atoms with Crippen molar-refractivity contribution in [3.8, 4) is 0 Å². The van der Waals surface area contributed by atoms with Crippen LogP contribution in [-0.2, 0) is 4.79 Å². The van der Waals surface area contributed by atoms with E-state index in [0.29, 0.717) is 0 Å². The highest BCUT2D eigenvalue weighted by Gasteiger charge is 2.22. The molecule has 68 valence electrons. The first kappa shape index (κ1) is 8.26. The Morgan fingerprint density at radius 2 is 1.92 bits per heavy atom. The monoisotopic (exact) mass is 176 g/mol. The van der Waals surface area contributed by atoms with E-state index in [2.05, 4.69) is 10.6 Å². The molecule has 0 aromatic heterocycles. The second-order valence-electron chi connectivity index (χ2n) is 3.09. The molecule has 1 heterocycles. The molecule has 1 fully saturated rings. The first-order valence-electron chi connectivity index (χ1n) is 4.44. The summed E-state index contributed by atoms with van der Waals surface area (Å²) in [6.07, 6.45) is 0. The maximum Gasteiger partial charge on any atom is 0.241 e. The van der Waals surface area contributed by atoms with Crippen LogP contribution in [-0.4, -0.2) is 19.0 Å². The number of carbonyl (C=O) groups excluding carboxylic acids is 1. The fourth-order valence-corrected chi connectivity index (χ4v) is 1.51. The highest BCUT2D eigenvalue weighted by molar-refractivity contribution is 5.83. The Hall–Kier alpha value is -1.35. The molecule has 1 amide bonds. The van der Waals surface area contributed by atoms with Crippen LogP contribution in [0.2, 0.25) is 0 Å². The number of piperazine rings is 1. The summed E-state index contributed by atoms with van der Waals surface area (Å²) in [6.45, 7) is 1.56. The molecule has 1 atom stereocenters. The van der Waals surface area contributed by atoms with Gasteiger partial charge in [0.2, 0.25) is 5.91 Å². The number of hydrogen-bond acceptors (Lipinski definition) is 2. The molecule has 0 saturated carbocycles. The smallest absolute Gasteiger partial charge is 0.241 e. The van der Waals surface area contributed by atoms with Gasteiger partial charge in [-0.2, -0.15) is 0 Å². The highest BCUT2D eigenvalue weighted by atomic mass is 16.2. The van der Waals surface area contributed by atoms with E-state index < -0.39 is 0 Å². The van der Waals surface area contributed by atoms with Crippen LogP contribution in [0.4, 0.5) is 0 Å². The fraction of sp³-hybridized carbons (Fsp3) is 0.300. The maximum atomic E-state index is 11.4. The third-order valence-electron chi connectivity index (χ3n) is 2.17. The molecule has 2 rings (SSSR count). The van der Waals surface area contributed by atoms with Crippen molar-refractivity contribution in [1.29, 1.82) is 0 Å². The van der Waals surface area contributed by atoms with Gasteiger partial charge in [0.1, 0.15) is 6.04 Å². The number of nitrogens with one attached hydrogen (secondary N) is 2. The lowest BCUT2D eigenvalue weighted by Gasteiger charge is -2.23. The van der Waals surface area contributed by atoms with Gasteiger partial charge < -0.3 is 10.6 Å².